The molecule has 2 aliphatic heterocycles. The molecule has 5 nitrogen and oxygen atoms in total. The Morgan fingerprint density at radius 3 is 2.37 bits per heavy atom. The number of hydrogen-bond donors (Lipinski definition) is 1. The first-order chi connectivity index (χ1) is 12.8. The van der Waals surface area contributed by atoms with Crippen molar-refractivity contribution in [1.82, 2.24) is 9.80 Å². The number of allylic oxidation sites excluding steroid dienone is 1. The lowest BCUT2D eigenvalue weighted by molar-refractivity contribution is -0.145. The van der Waals surface area contributed by atoms with E-state index in [0.717, 1.165) is 38.0 Å². The van der Waals surface area contributed by atoms with Crippen LogP contribution in [-0.4, -0.2) is 59.5 Å². The maximum absolute atomic E-state index is 12.9. The van der Waals surface area contributed by atoms with Gasteiger partial charge < -0.3 is 10.0 Å². The number of carboxylic acid groups (broad SMARTS) is 1. The molecule has 0 bridgehead atoms. The minimum atomic E-state index is -0.771. The fraction of sp³-hybridized carbons (Fsp3) is 0.545. The molecule has 0 saturated carbocycles. The molecule has 1 unspecified atom stereocenters. The van der Waals surface area contributed by atoms with Crippen LogP contribution in [0.5, 0.6) is 0 Å². The van der Waals surface area contributed by atoms with Crippen molar-refractivity contribution in [2.24, 2.45) is 11.3 Å². The molecule has 2 saturated heterocycles. The minimum Gasteiger partial charge on any atom is -0.481 e. The maximum atomic E-state index is 12.9. The molecule has 1 N–H and O–H groups in total. The number of amides is 1. The van der Waals surface area contributed by atoms with Crippen LogP contribution in [0.2, 0.25) is 0 Å². The molecule has 0 radical (unpaired) electrons. The molecule has 5 heteroatoms. The molecular formula is C22H30N2O3. The van der Waals surface area contributed by atoms with Crippen LogP contribution in [0, 0.1) is 18.3 Å². The summed E-state index contributed by atoms with van der Waals surface area (Å²) in [6.07, 6.45) is 3.88. The highest BCUT2D eigenvalue weighted by atomic mass is 16.4. The second-order valence-corrected chi connectivity index (χ2v) is 8.39. The van der Waals surface area contributed by atoms with Crippen LogP contribution in [0.1, 0.15) is 42.6 Å². The summed E-state index contributed by atoms with van der Waals surface area (Å²) in [5.74, 6) is -1.30. The monoisotopic (exact) mass is 370 g/mol. The Morgan fingerprint density at radius 2 is 1.81 bits per heavy atom. The number of carbonyl (C=O) groups excluding carboxylic acids is 1. The first-order valence-electron chi connectivity index (χ1n) is 9.75. The standard InChI is InChI=1S/C22H30N2O3/c1-16(2)8-11-23-12-9-22(10-13-23)15-24(14-19(22)21(26)27)20(25)18-6-4-17(3)5-7-18/h4-8,19H,9-15H2,1-3H3,(H,26,27). The number of aliphatic carboxylic acids is 1. The van der Waals surface area contributed by atoms with Gasteiger partial charge in [-0.3, -0.25) is 14.5 Å². The summed E-state index contributed by atoms with van der Waals surface area (Å²) >= 11 is 0. The predicted octanol–water partition coefficient (Wildman–Crippen LogP) is 3.20. The van der Waals surface area contributed by atoms with Crippen LogP contribution in [0.25, 0.3) is 0 Å². The summed E-state index contributed by atoms with van der Waals surface area (Å²) < 4.78 is 0. The van der Waals surface area contributed by atoms with Gasteiger partial charge >= 0.3 is 5.97 Å². The summed E-state index contributed by atoms with van der Waals surface area (Å²) in [6.45, 7) is 9.74. The third-order valence-electron chi connectivity index (χ3n) is 6.14. The molecule has 0 aromatic heterocycles. The van der Waals surface area contributed by atoms with E-state index in [9.17, 15) is 14.7 Å². The van der Waals surface area contributed by atoms with Crippen molar-refractivity contribution in [3.8, 4) is 0 Å². The lowest BCUT2D eigenvalue weighted by Gasteiger charge is -2.41. The first-order valence-corrected chi connectivity index (χ1v) is 9.75. The Balaban J connectivity index is 1.72. The molecule has 0 aliphatic carbocycles. The van der Waals surface area contributed by atoms with E-state index >= 15 is 0 Å². The lowest BCUT2D eigenvalue weighted by atomic mass is 9.71. The third-order valence-corrected chi connectivity index (χ3v) is 6.14. The molecule has 2 fully saturated rings. The Hall–Kier alpha value is -2.14. The van der Waals surface area contributed by atoms with Gasteiger partial charge in [-0.15, -0.1) is 0 Å². The number of likely N-dealkylation sites (tertiary alicyclic amines) is 2. The van der Waals surface area contributed by atoms with Crippen LogP contribution in [0.3, 0.4) is 0 Å². The van der Waals surface area contributed by atoms with E-state index in [-0.39, 0.29) is 11.3 Å². The SMILES string of the molecule is CC(C)=CCN1CCC2(CC1)CN(C(=O)c1ccc(C)cc1)CC2C(=O)O. The summed E-state index contributed by atoms with van der Waals surface area (Å²) in [5, 5.41) is 9.82. The molecule has 1 amide bonds. The number of hydrogen-bond acceptors (Lipinski definition) is 3. The number of nitrogens with zero attached hydrogens (tertiary/aromatic N) is 2. The van der Waals surface area contributed by atoms with E-state index in [1.54, 1.807) is 4.90 Å². The lowest BCUT2D eigenvalue weighted by Crippen LogP contribution is -2.46. The topological polar surface area (TPSA) is 60.9 Å². The Bertz CT molecular complexity index is 726. The van der Waals surface area contributed by atoms with Crippen LogP contribution < -0.4 is 0 Å². The molecule has 3 rings (SSSR count). The van der Waals surface area contributed by atoms with E-state index < -0.39 is 11.9 Å². The zero-order valence-electron chi connectivity index (χ0n) is 16.6. The van der Waals surface area contributed by atoms with Crippen LogP contribution in [0.4, 0.5) is 0 Å². The van der Waals surface area contributed by atoms with Gasteiger partial charge in [0.25, 0.3) is 5.91 Å². The second kappa shape index (κ2) is 7.85. The average molecular weight is 370 g/mol. The molecule has 146 valence electrons. The van der Waals surface area contributed by atoms with Crippen molar-refractivity contribution in [3.05, 3.63) is 47.0 Å². The van der Waals surface area contributed by atoms with E-state index in [4.69, 9.17) is 0 Å². The summed E-state index contributed by atoms with van der Waals surface area (Å²) in [7, 11) is 0. The van der Waals surface area contributed by atoms with E-state index in [2.05, 4.69) is 24.8 Å². The van der Waals surface area contributed by atoms with Crippen LogP contribution in [-0.2, 0) is 4.79 Å². The van der Waals surface area contributed by atoms with Gasteiger partial charge in [0.2, 0.25) is 0 Å². The smallest absolute Gasteiger partial charge is 0.308 e. The quantitative estimate of drug-likeness (QED) is 0.827. The van der Waals surface area contributed by atoms with Gasteiger partial charge in [0, 0.05) is 30.6 Å². The molecule has 1 aromatic carbocycles. The molecule has 27 heavy (non-hydrogen) atoms. The number of carbonyl (C=O) groups is 2. The first kappa shape index (κ1) is 19.6. The van der Waals surface area contributed by atoms with Crippen molar-refractivity contribution in [1.29, 1.82) is 0 Å². The number of carboxylic acids is 1. The molecule has 1 spiro atoms. The van der Waals surface area contributed by atoms with E-state index in [0.29, 0.717) is 18.7 Å². The van der Waals surface area contributed by atoms with Gasteiger partial charge in [-0.2, -0.15) is 0 Å². The van der Waals surface area contributed by atoms with Gasteiger partial charge in [0.1, 0.15) is 0 Å². The van der Waals surface area contributed by atoms with Crippen molar-refractivity contribution in [2.45, 2.75) is 33.6 Å². The highest BCUT2D eigenvalue weighted by Crippen LogP contribution is 2.45. The number of benzene rings is 1. The molecule has 1 atom stereocenters. The fourth-order valence-corrected chi connectivity index (χ4v) is 4.34. The molecular weight excluding hydrogens is 340 g/mol. The van der Waals surface area contributed by atoms with Crippen LogP contribution in [0.15, 0.2) is 35.9 Å². The van der Waals surface area contributed by atoms with Crippen molar-refractivity contribution in [2.75, 3.05) is 32.7 Å². The average Bonchev–Trinajstić information content (AvgIpc) is 3.01. The van der Waals surface area contributed by atoms with Crippen molar-refractivity contribution in [3.63, 3.8) is 0 Å². The van der Waals surface area contributed by atoms with E-state index in [1.165, 1.54) is 5.57 Å². The summed E-state index contributed by atoms with van der Waals surface area (Å²) in [4.78, 5) is 29.0. The number of piperidine rings is 1. The summed E-state index contributed by atoms with van der Waals surface area (Å²) in [6, 6.07) is 7.52. The predicted molar refractivity (Wildman–Crippen MR) is 106 cm³/mol. The Labute approximate surface area is 161 Å². The normalized spacial score (nSPS) is 22.0. The largest absolute Gasteiger partial charge is 0.481 e. The number of aryl methyl sites for hydroxylation is 1. The van der Waals surface area contributed by atoms with Gasteiger partial charge in [-0.05, 0) is 58.8 Å². The highest BCUT2D eigenvalue weighted by Gasteiger charge is 2.52. The maximum Gasteiger partial charge on any atom is 0.308 e. The third kappa shape index (κ3) is 4.24. The molecule has 2 aliphatic rings. The van der Waals surface area contributed by atoms with Crippen molar-refractivity contribution >= 4 is 11.9 Å². The van der Waals surface area contributed by atoms with Gasteiger partial charge in [-0.25, -0.2) is 0 Å². The Morgan fingerprint density at radius 1 is 1.19 bits per heavy atom. The minimum absolute atomic E-state index is 0.0508. The molecule has 1 aromatic rings. The Kier molecular flexibility index (Phi) is 5.70. The van der Waals surface area contributed by atoms with Crippen LogP contribution >= 0.6 is 0 Å². The highest BCUT2D eigenvalue weighted by molar-refractivity contribution is 5.95. The van der Waals surface area contributed by atoms with Gasteiger partial charge in [-0.1, -0.05) is 29.3 Å². The number of rotatable bonds is 4. The fourth-order valence-electron chi connectivity index (χ4n) is 4.34. The second-order valence-electron chi connectivity index (χ2n) is 8.39. The van der Waals surface area contributed by atoms with E-state index in [1.807, 2.05) is 31.2 Å². The van der Waals surface area contributed by atoms with Gasteiger partial charge in [0.15, 0.2) is 0 Å². The molecule has 2 heterocycles. The van der Waals surface area contributed by atoms with Crippen molar-refractivity contribution < 1.29 is 14.7 Å². The summed E-state index contributed by atoms with van der Waals surface area (Å²) in [5.41, 5.74) is 2.75. The van der Waals surface area contributed by atoms with Gasteiger partial charge in [0.05, 0.1) is 5.92 Å². The zero-order chi connectivity index (χ0) is 19.6. The zero-order valence-corrected chi connectivity index (χ0v) is 16.6.